The van der Waals surface area contributed by atoms with E-state index in [1.807, 2.05) is 0 Å². The summed E-state index contributed by atoms with van der Waals surface area (Å²) in [7, 11) is 0. The van der Waals surface area contributed by atoms with Crippen LogP contribution in [0.25, 0.3) is 10.8 Å². The minimum absolute atomic E-state index is 1.01. The van der Waals surface area contributed by atoms with Gasteiger partial charge in [-0.1, -0.05) is 72.6 Å². The summed E-state index contributed by atoms with van der Waals surface area (Å²) in [6.45, 7) is 6.58. The summed E-state index contributed by atoms with van der Waals surface area (Å²) in [5.74, 6) is 0. The molecule has 0 fully saturated rings. The summed E-state index contributed by atoms with van der Waals surface area (Å²) in [6, 6.07) is 20.3. The first-order valence-electron chi connectivity index (χ1n) is 7.73. The summed E-state index contributed by atoms with van der Waals surface area (Å²) < 4.78 is 0. The van der Waals surface area contributed by atoms with Gasteiger partial charge in [0.2, 0.25) is 0 Å². The third kappa shape index (κ3) is 3.00. The van der Waals surface area contributed by atoms with Gasteiger partial charge < -0.3 is 0 Å². The highest BCUT2D eigenvalue weighted by atomic mass is 14.1. The minimum Gasteiger partial charge on any atom is -0.0616 e. The molecule has 0 amide bonds. The smallest absolute Gasteiger partial charge is 0.00193 e. The second-order valence-corrected chi connectivity index (χ2v) is 6.00. The van der Waals surface area contributed by atoms with Crippen molar-refractivity contribution >= 4 is 10.8 Å². The fraction of sp³-hybridized carbons (Fsp3) is 0.238. The Morgan fingerprint density at radius 1 is 0.762 bits per heavy atom. The SMILES string of the molecule is CCc1cc(Cc2cc(C)cc(C)c2)c2ccccc2c1. The van der Waals surface area contributed by atoms with Crippen molar-refractivity contribution < 1.29 is 0 Å². The molecule has 3 rings (SSSR count). The molecule has 0 bridgehead atoms. The van der Waals surface area contributed by atoms with Gasteiger partial charge in [-0.05, 0) is 54.2 Å². The Morgan fingerprint density at radius 2 is 1.48 bits per heavy atom. The molecule has 0 heterocycles. The van der Waals surface area contributed by atoms with Crippen LogP contribution in [0.1, 0.15) is 34.7 Å². The van der Waals surface area contributed by atoms with E-state index in [1.165, 1.54) is 38.6 Å². The lowest BCUT2D eigenvalue weighted by molar-refractivity contribution is 1.12. The van der Waals surface area contributed by atoms with E-state index in [0.29, 0.717) is 0 Å². The van der Waals surface area contributed by atoms with E-state index >= 15 is 0 Å². The van der Waals surface area contributed by atoms with Crippen molar-refractivity contribution in [3.63, 3.8) is 0 Å². The number of fused-ring (bicyclic) bond motifs is 1. The molecule has 0 saturated carbocycles. The Labute approximate surface area is 127 Å². The Hall–Kier alpha value is -2.08. The van der Waals surface area contributed by atoms with E-state index in [4.69, 9.17) is 0 Å². The van der Waals surface area contributed by atoms with Crippen LogP contribution in [0.4, 0.5) is 0 Å². The molecule has 0 aliphatic rings. The largest absolute Gasteiger partial charge is 0.0616 e. The fourth-order valence-corrected chi connectivity index (χ4v) is 3.20. The van der Waals surface area contributed by atoms with Gasteiger partial charge in [-0.2, -0.15) is 0 Å². The molecule has 21 heavy (non-hydrogen) atoms. The van der Waals surface area contributed by atoms with E-state index in [-0.39, 0.29) is 0 Å². The van der Waals surface area contributed by atoms with Crippen LogP contribution in [0.15, 0.2) is 54.6 Å². The molecule has 0 N–H and O–H groups in total. The highest BCUT2D eigenvalue weighted by Crippen LogP contribution is 2.24. The van der Waals surface area contributed by atoms with Crippen molar-refractivity contribution in [3.05, 3.63) is 82.4 Å². The first-order valence-corrected chi connectivity index (χ1v) is 7.73. The van der Waals surface area contributed by atoms with E-state index < -0.39 is 0 Å². The second kappa shape index (κ2) is 5.73. The molecule has 0 atom stereocenters. The van der Waals surface area contributed by atoms with Crippen LogP contribution in [0.2, 0.25) is 0 Å². The van der Waals surface area contributed by atoms with Gasteiger partial charge in [0.1, 0.15) is 0 Å². The van der Waals surface area contributed by atoms with Crippen LogP contribution < -0.4 is 0 Å². The Bertz CT molecular complexity index is 761. The molecule has 0 unspecified atom stereocenters. The van der Waals surface area contributed by atoms with Gasteiger partial charge in [-0.15, -0.1) is 0 Å². The molecule has 0 aliphatic heterocycles. The van der Waals surface area contributed by atoms with E-state index in [9.17, 15) is 0 Å². The summed E-state index contributed by atoms with van der Waals surface area (Å²) in [5.41, 5.74) is 6.97. The lowest BCUT2D eigenvalue weighted by Gasteiger charge is -2.11. The molecular formula is C21H22. The maximum atomic E-state index is 2.38. The van der Waals surface area contributed by atoms with E-state index in [1.54, 1.807) is 0 Å². The maximum absolute atomic E-state index is 2.38. The molecule has 0 heteroatoms. The Morgan fingerprint density at radius 3 is 2.19 bits per heavy atom. The third-order valence-electron chi connectivity index (χ3n) is 4.09. The third-order valence-corrected chi connectivity index (χ3v) is 4.09. The first-order chi connectivity index (χ1) is 10.2. The maximum Gasteiger partial charge on any atom is -0.00193 e. The molecule has 3 aromatic carbocycles. The van der Waals surface area contributed by atoms with E-state index in [0.717, 1.165) is 12.8 Å². The normalized spacial score (nSPS) is 11.0. The minimum atomic E-state index is 1.01. The van der Waals surface area contributed by atoms with Crippen LogP contribution in [0, 0.1) is 13.8 Å². The van der Waals surface area contributed by atoms with Crippen LogP contribution in [0.5, 0.6) is 0 Å². The summed E-state index contributed by atoms with van der Waals surface area (Å²) in [6.07, 6.45) is 2.10. The lowest BCUT2D eigenvalue weighted by atomic mass is 9.94. The average Bonchev–Trinajstić information content (AvgIpc) is 2.46. The van der Waals surface area contributed by atoms with Crippen molar-refractivity contribution in [3.8, 4) is 0 Å². The summed E-state index contributed by atoms with van der Waals surface area (Å²) >= 11 is 0. The van der Waals surface area contributed by atoms with Gasteiger partial charge in [-0.25, -0.2) is 0 Å². The highest BCUT2D eigenvalue weighted by molar-refractivity contribution is 5.86. The van der Waals surface area contributed by atoms with Crippen molar-refractivity contribution in [1.82, 2.24) is 0 Å². The Kier molecular flexibility index (Phi) is 3.79. The number of hydrogen-bond donors (Lipinski definition) is 0. The number of benzene rings is 3. The molecule has 0 saturated heterocycles. The van der Waals surface area contributed by atoms with Gasteiger partial charge >= 0.3 is 0 Å². The monoisotopic (exact) mass is 274 g/mol. The standard InChI is InChI=1S/C21H22/c1-4-17-12-19-7-5-6-8-21(19)20(13-17)14-18-10-15(2)9-16(3)11-18/h5-13H,4,14H2,1-3H3. The predicted molar refractivity (Wildman–Crippen MR) is 92.0 cm³/mol. The average molecular weight is 274 g/mol. The topological polar surface area (TPSA) is 0 Å². The van der Waals surface area contributed by atoms with Crippen molar-refractivity contribution in [2.75, 3.05) is 0 Å². The zero-order chi connectivity index (χ0) is 14.8. The molecule has 0 radical (unpaired) electrons. The molecule has 3 aromatic rings. The van der Waals surface area contributed by atoms with E-state index in [2.05, 4.69) is 75.4 Å². The number of rotatable bonds is 3. The number of hydrogen-bond acceptors (Lipinski definition) is 0. The van der Waals surface area contributed by atoms with Gasteiger partial charge in [-0.3, -0.25) is 0 Å². The van der Waals surface area contributed by atoms with Crippen LogP contribution in [-0.4, -0.2) is 0 Å². The van der Waals surface area contributed by atoms with Crippen molar-refractivity contribution in [2.45, 2.75) is 33.6 Å². The molecule has 0 aliphatic carbocycles. The number of aryl methyl sites for hydroxylation is 3. The second-order valence-electron chi connectivity index (χ2n) is 6.00. The molecule has 0 aromatic heterocycles. The molecular weight excluding hydrogens is 252 g/mol. The lowest BCUT2D eigenvalue weighted by Crippen LogP contribution is -1.94. The van der Waals surface area contributed by atoms with Crippen LogP contribution in [-0.2, 0) is 12.8 Å². The first kappa shape index (κ1) is 13.9. The van der Waals surface area contributed by atoms with Crippen molar-refractivity contribution in [2.24, 2.45) is 0 Å². The fourth-order valence-electron chi connectivity index (χ4n) is 3.20. The van der Waals surface area contributed by atoms with Gasteiger partial charge in [0.25, 0.3) is 0 Å². The zero-order valence-electron chi connectivity index (χ0n) is 13.1. The zero-order valence-corrected chi connectivity index (χ0v) is 13.1. The van der Waals surface area contributed by atoms with Crippen molar-refractivity contribution in [1.29, 1.82) is 0 Å². The highest BCUT2D eigenvalue weighted by Gasteiger charge is 2.05. The molecule has 0 nitrogen and oxygen atoms in total. The Balaban J connectivity index is 2.10. The summed E-state index contributed by atoms with van der Waals surface area (Å²) in [4.78, 5) is 0. The predicted octanol–water partition coefficient (Wildman–Crippen LogP) is 5.61. The van der Waals surface area contributed by atoms with Crippen LogP contribution in [0.3, 0.4) is 0 Å². The van der Waals surface area contributed by atoms with Crippen LogP contribution >= 0.6 is 0 Å². The summed E-state index contributed by atoms with van der Waals surface area (Å²) in [5, 5.41) is 2.74. The van der Waals surface area contributed by atoms with Gasteiger partial charge in [0.05, 0.1) is 0 Å². The molecule has 106 valence electrons. The quantitative estimate of drug-likeness (QED) is 0.582. The van der Waals surface area contributed by atoms with Gasteiger partial charge in [0.15, 0.2) is 0 Å². The van der Waals surface area contributed by atoms with Gasteiger partial charge in [0, 0.05) is 0 Å². The molecule has 0 spiro atoms.